The van der Waals surface area contributed by atoms with Gasteiger partial charge in [0.15, 0.2) is 0 Å². The van der Waals surface area contributed by atoms with Crippen LogP contribution >= 0.6 is 11.6 Å². The van der Waals surface area contributed by atoms with Crippen LogP contribution in [0.3, 0.4) is 0 Å². The lowest BCUT2D eigenvalue weighted by molar-refractivity contribution is -0.122. The maximum atomic E-state index is 12.8. The minimum absolute atomic E-state index is 0.0861. The van der Waals surface area contributed by atoms with Crippen LogP contribution in [0.2, 0.25) is 5.02 Å². The Bertz CT molecular complexity index is 917. The predicted molar refractivity (Wildman–Crippen MR) is 115 cm³/mol. The van der Waals surface area contributed by atoms with Crippen molar-refractivity contribution < 1.29 is 13.2 Å². The van der Waals surface area contributed by atoms with Gasteiger partial charge in [-0.1, -0.05) is 48.0 Å². The Morgan fingerprint density at radius 3 is 2.39 bits per heavy atom. The molecule has 0 unspecified atom stereocenters. The molecule has 1 amide bonds. The van der Waals surface area contributed by atoms with Gasteiger partial charge in [-0.2, -0.15) is 0 Å². The second kappa shape index (κ2) is 9.43. The average Bonchev–Trinajstić information content (AvgIpc) is 2.62. The predicted octanol–water partition coefficient (Wildman–Crippen LogP) is 3.94. The van der Waals surface area contributed by atoms with Gasteiger partial charge in [-0.05, 0) is 56.9 Å². The molecule has 0 aliphatic carbocycles. The molecule has 0 aliphatic heterocycles. The zero-order valence-electron chi connectivity index (χ0n) is 16.6. The van der Waals surface area contributed by atoms with Crippen LogP contribution in [0.4, 0.5) is 5.69 Å². The molecule has 1 N–H and O–H groups in total. The summed E-state index contributed by atoms with van der Waals surface area (Å²) in [7, 11) is -3.68. The fraction of sp³-hybridized carbons (Fsp3) is 0.381. The van der Waals surface area contributed by atoms with Gasteiger partial charge in [0, 0.05) is 11.1 Å². The molecule has 28 heavy (non-hydrogen) atoms. The Morgan fingerprint density at radius 1 is 1.14 bits per heavy atom. The van der Waals surface area contributed by atoms with E-state index in [2.05, 4.69) is 5.32 Å². The van der Waals surface area contributed by atoms with E-state index >= 15 is 0 Å². The number of hydrogen-bond donors (Lipinski definition) is 1. The Hall–Kier alpha value is -2.05. The number of rotatable bonds is 8. The molecule has 0 heterocycles. The molecular formula is C21H27ClN2O3S. The van der Waals surface area contributed by atoms with Crippen LogP contribution < -0.4 is 9.62 Å². The van der Waals surface area contributed by atoms with Gasteiger partial charge >= 0.3 is 0 Å². The molecule has 2 aromatic carbocycles. The van der Waals surface area contributed by atoms with Crippen LogP contribution in [0, 0.1) is 6.92 Å². The number of aryl methyl sites for hydroxylation is 2. The second-order valence-electron chi connectivity index (χ2n) is 7.10. The van der Waals surface area contributed by atoms with Gasteiger partial charge in [0.2, 0.25) is 15.9 Å². The molecule has 2 rings (SSSR count). The fourth-order valence-electron chi connectivity index (χ4n) is 3.06. The number of nitrogens with one attached hydrogen (secondary N) is 1. The van der Waals surface area contributed by atoms with Crippen molar-refractivity contribution in [1.82, 2.24) is 5.32 Å². The zero-order valence-corrected chi connectivity index (χ0v) is 18.2. The number of carbonyl (C=O) groups excluding carboxylic acids is 1. The summed E-state index contributed by atoms with van der Waals surface area (Å²) in [5, 5.41) is 3.34. The molecule has 152 valence electrons. The Balaban J connectivity index is 2.12. The number of carbonyl (C=O) groups is 1. The van der Waals surface area contributed by atoms with Gasteiger partial charge in [0.25, 0.3) is 0 Å². The largest absolute Gasteiger partial charge is 0.352 e. The smallest absolute Gasteiger partial charge is 0.243 e. The highest BCUT2D eigenvalue weighted by molar-refractivity contribution is 7.92. The average molecular weight is 423 g/mol. The summed E-state index contributed by atoms with van der Waals surface area (Å²) in [6.07, 6.45) is 2.69. The first kappa shape index (κ1) is 22.2. The van der Waals surface area contributed by atoms with Crippen molar-refractivity contribution in [2.45, 2.75) is 45.7 Å². The molecule has 5 nitrogen and oxygen atoms in total. The summed E-state index contributed by atoms with van der Waals surface area (Å²) in [6.45, 7) is 5.29. The summed E-state index contributed by atoms with van der Waals surface area (Å²) in [5.74, 6) is -0.342. The highest BCUT2D eigenvalue weighted by Gasteiger charge is 2.30. The van der Waals surface area contributed by atoms with Gasteiger partial charge in [-0.15, -0.1) is 0 Å². The zero-order chi connectivity index (χ0) is 20.9. The standard InChI is InChI=1S/C21H27ClN2O3S/c1-15-10-13-19(22)14-20(15)24(28(4,26)27)17(3)21(25)23-16(2)11-12-18-8-6-5-7-9-18/h5-10,13-14,16-17H,11-12H2,1-4H3,(H,23,25)/t16-,17+/m1/s1. The molecule has 0 saturated heterocycles. The van der Waals surface area contributed by atoms with Crippen LogP contribution in [-0.4, -0.2) is 32.7 Å². The van der Waals surface area contributed by atoms with E-state index in [0.717, 1.165) is 29.0 Å². The van der Waals surface area contributed by atoms with E-state index in [1.54, 1.807) is 32.0 Å². The van der Waals surface area contributed by atoms with Crippen molar-refractivity contribution in [2.24, 2.45) is 0 Å². The van der Waals surface area contributed by atoms with E-state index in [1.165, 1.54) is 5.56 Å². The van der Waals surface area contributed by atoms with Gasteiger partial charge in [-0.3, -0.25) is 9.10 Å². The molecule has 0 aliphatic rings. The first-order valence-corrected chi connectivity index (χ1v) is 11.4. The highest BCUT2D eigenvalue weighted by Crippen LogP contribution is 2.28. The van der Waals surface area contributed by atoms with Crippen molar-refractivity contribution in [3.63, 3.8) is 0 Å². The van der Waals surface area contributed by atoms with Gasteiger partial charge < -0.3 is 5.32 Å². The molecule has 2 aromatic rings. The van der Waals surface area contributed by atoms with Crippen molar-refractivity contribution in [1.29, 1.82) is 0 Å². The first-order chi connectivity index (χ1) is 13.1. The Morgan fingerprint density at radius 2 is 1.79 bits per heavy atom. The summed E-state index contributed by atoms with van der Waals surface area (Å²) < 4.78 is 26.0. The molecular weight excluding hydrogens is 396 g/mol. The Kier molecular flexibility index (Phi) is 7.49. The first-order valence-electron chi connectivity index (χ1n) is 9.19. The summed E-state index contributed by atoms with van der Waals surface area (Å²) in [5.41, 5.74) is 2.34. The molecule has 0 spiro atoms. The van der Waals surface area contributed by atoms with E-state index in [9.17, 15) is 13.2 Å². The van der Waals surface area contributed by atoms with E-state index in [0.29, 0.717) is 10.7 Å². The van der Waals surface area contributed by atoms with E-state index in [-0.39, 0.29) is 11.9 Å². The lowest BCUT2D eigenvalue weighted by atomic mass is 10.1. The van der Waals surface area contributed by atoms with Crippen LogP contribution in [0.1, 0.15) is 31.4 Å². The van der Waals surface area contributed by atoms with E-state index in [1.807, 2.05) is 37.3 Å². The summed E-state index contributed by atoms with van der Waals surface area (Å²) in [6, 6.07) is 14.0. The summed E-state index contributed by atoms with van der Waals surface area (Å²) in [4.78, 5) is 12.8. The molecule has 0 bridgehead atoms. The van der Waals surface area contributed by atoms with Crippen molar-refractivity contribution >= 4 is 33.2 Å². The molecule has 0 aromatic heterocycles. The maximum Gasteiger partial charge on any atom is 0.243 e. The quantitative estimate of drug-likeness (QED) is 0.700. The van der Waals surface area contributed by atoms with Crippen molar-refractivity contribution in [2.75, 3.05) is 10.6 Å². The minimum Gasteiger partial charge on any atom is -0.352 e. The number of halogens is 1. The number of benzene rings is 2. The van der Waals surface area contributed by atoms with Gasteiger partial charge in [0.1, 0.15) is 6.04 Å². The topological polar surface area (TPSA) is 66.5 Å². The second-order valence-corrected chi connectivity index (χ2v) is 9.40. The molecule has 7 heteroatoms. The third-order valence-corrected chi connectivity index (χ3v) is 6.06. The lowest BCUT2D eigenvalue weighted by Crippen LogP contribution is -2.50. The monoisotopic (exact) mass is 422 g/mol. The van der Waals surface area contributed by atoms with Crippen LogP contribution in [0.25, 0.3) is 0 Å². The fourth-order valence-corrected chi connectivity index (χ4v) is 4.45. The minimum atomic E-state index is -3.68. The third-order valence-electron chi connectivity index (χ3n) is 4.59. The molecule has 0 radical (unpaired) electrons. The number of amides is 1. The number of anilines is 1. The van der Waals surface area contributed by atoms with Crippen molar-refractivity contribution in [3.05, 3.63) is 64.7 Å². The number of sulfonamides is 1. The Labute approximate surface area is 172 Å². The van der Waals surface area contributed by atoms with E-state index < -0.39 is 16.1 Å². The van der Waals surface area contributed by atoms with Gasteiger partial charge in [-0.25, -0.2) is 8.42 Å². The van der Waals surface area contributed by atoms with Gasteiger partial charge in [0.05, 0.1) is 11.9 Å². The third kappa shape index (κ3) is 5.97. The molecule has 2 atom stereocenters. The maximum absolute atomic E-state index is 12.8. The SMILES string of the molecule is Cc1ccc(Cl)cc1N([C@@H](C)C(=O)N[C@H](C)CCc1ccccc1)S(C)(=O)=O. The lowest BCUT2D eigenvalue weighted by Gasteiger charge is -2.30. The van der Waals surface area contributed by atoms with Crippen LogP contribution in [-0.2, 0) is 21.2 Å². The summed E-state index contributed by atoms with van der Waals surface area (Å²) >= 11 is 6.06. The van der Waals surface area contributed by atoms with Crippen LogP contribution in [0.15, 0.2) is 48.5 Å². The number of nitrogens with zero attached hydrogens (tertiary/aromatic N) is 1. The highest BCUT2D eigenvalue weighted by atomic mass is 35.5. The number of hydrogen-bond acceptors (Lipinski definition) is 3. The molecule has 0 saturated carbocycles. The van der Waals surface area contributed by atoms with E-state index in [4.69, 9.17) is 11.6 Å². The normalized spacial score (nSPS) is 13.6. The van der Waals surface area contributed by atoms with Crippen molar-refractivity contribution in [3.8, 4) is 0 Å². The molecule has 0 fully saturated rings. The van der Waals surface area contributed by atoms with Crippen LogP contribution in [0.5, 0.6) is 0 Å².